The van der Waals surface area contributed by atoms with E-state index in [0.29, 0.717) is 13.1 Å². The minimum Gasteiger partial charge on any atom is -0.467 e. The van der Waals surface area contributed by atoms with Crippen molar-refractivity contribution in [1.29, 1.82) is 0 Å². The number of hydrogen-bond donors (Lipinski definition) is 0. The van der Waals surface area contributed by atoms with Gasteiger partial charge in [-0.2, -0.15) is 0 Å². The monoisotopic (exact) mass is 180 g/mol. The van der Waals surface area contributed by atoms with Crippen LogP contribution in [0.25, 0.3) is 0 Å². The second-order valence-electron chi connectivity index (χ2n) is 2.89. The summed E-state index contributed by atoms with van der Waals surface area (Å²) in [4.78, 5) is 17.9. The van der Waals surface area contributed by atoms with Crippen molar-refractivity contribution in [2.24, 2.45) is 0 Å². The minimum atomic E-state index is 0.145. The number of carbonyl (C=O) groups excluding carboxylic acids is 1. The zero-order valence-electron chi connectivity index (χ0n) is 7.73. The summed E-state index contributed by atoms with van der Waals surface area (Å²) in [6.45, 7) is 4.71. The summed E-state index contributed by atoms with van der Waals surface area (Å²) < 4.78 is 4.67. The predicted molar refractivity (Wildman–Crippen MR) is 47.2 cm³/mol. The first-order valence-electron chi connectivity index (χ1n) is 4.07. The van der Waals surface area contributed by atoms with Crippen LogP contribution in [-0.2, 0) is 9.53 Å². The van der Waals surface area contributed by atoms with Gasteiger partial charge < -0.3 is 4.74 Å². The third-order valence-corrected chi connectivity index (χ3v) is 1.89. The van der Waals surface area contributed by atoms with Crippen LogP contribution >= 0.6 is 0 Å². The normalized spacial score (nSPS) is 12.2. The van der Waals surface area contributed by atoms with E-state index in [1.165, 1.54) is 6.33 Å². The fourth-order valence-electron chi connectivity index (χ4n) is 1.16. The van der Waals surface area contributed by atoms with Crippen LogP contribution in [0.4, 0.5) is 0 Å². The lowest BCUT2D eigenvalue weighted by Gasteiger charge is -2.11. The van der Waals surface area contributed by atoms with Gasteiger partial charge in [0.1, 0.15) is 6.33 Å². The Bertz CT molecular complexity index is 289. The topological polar surface area (TPSA) is 52.1 Å². The Hall–Kier alpha value is -1.45. The van der Waals surface area contributed by atoms with Gasteiger partial charge in [0.15, 0.2) is 0 Å². The largest absolute Gasteiger partial charge is 0.467 e. The first-order chi connectivity index (χ1) is 6.25. The summed E-state index contributed by atoms with van der Waals surface area (Å²) in [6, 6.07) is 0. The SMILES string of the molecule is Cc1ncncc1C(C)COC=O. The number of nitrogens with zero attached hydrogens (tertiary/aromatic N) is 2. The highest BCUT2D eigenvalue weighted by atomic mass is 16.5. The summed E-state index contributed by atoms with van der Waals surface area (Å²) in [5.74, 6) is 0.145. The zero-order valence-corrected chi connectivity index (χ0v) is 7.73. The second kappa shape index (κ2) is 4.54. The van der Waals surface area contributed by atoms with Crippen molar-refractivity contribution in [2.45, 2.75) is 19.8 Å². The quantitative estimate of drug-likeness (QED) is 0.650. The molecule has 13 heavy (non-hydrogen) atoms. The highest BCUT2D eigenvalue weighted by Gasteiger charge is 2.09. The van der Waals surface area contributed by atoms with Crippen molar-refractivity contribution in [2.75, 3.05) is 6.61 Å². The lowest BCUT2D eigenvalue weighted by molar-refractivity contribution is -0.129. The Morgan fingerprint density at radius 1 is 1.69 bits per heavy atom. The maximum atomic E-state index is 9.97. The molecular weight excluding hydrogens is 168 g/mol. The van der Waals surface area contributed by atoms with Gasteiger partial charge in [-0.1, -0.05) is 6.92 Å². The Labute approximate surface area is 77.0 Å². The first kappa shape index (κ1) is 9.64. The molecule has 0 aliphatic rings. The molecule has 1 rings (SSSR count). The van der Waals surface area contributed by atoms with Crippen LogP contribution in [0.1, 0.15) is 24.1 Å². The number of aryl methyl sites for hydroxylation is 1. The van der Waals surface area contributed by atoms with Crippen LogP contribution in [0.2, 0.25) is 0 Å². The van der Waals surface area contributed by atoms with Crippen LogP contribution in [0.3, 0.4) is 0 Å². The van der Waals surface area contributed by atoms with Crippen molar-refractivity contribution in [3.05, 3.63) is 23.8 Å². The van der Waals surface area contributed by atoms with E-state index in [9.17, 15) is 4.79 Å². The van der Waals surface area contributed by atoms with Gasteiger partial charge in [-0.15, -0.1) is 0 Å². The zero-order chi connectivity index (χ0) is 9.68. The molecule has 0 aromatic carbocycles. The molecule has 1 aromatic rings. The number of carbonyl (C=O) groups is 1. The van der Waals surface area contributed by atoms with Gasteiger partial charge in [0.05, 0.1) is 6.61 Å². The standard InChI is InChI=1S/C9H12N2O2/c1-7(4-13-6-12)9-3-10-5-11-8(9)2/h3,5-7H,4H2,1-2H3. The van der Waals surface area contributed by atoms with E-state index < -0.39 is 0 Å². The highest BCUT2D eigenvalue weighted by molar-refractivity contribution is 5.37. The lowest BCUT2D eigenvalue weighted by Crippen LogP contribution is -2.06. The van der Waals surface area contributed by atoms with Gasteiger partial charge in [0.25, 0.3) is 6.47 Å². The van der Waals surface area contributed by atoms with Crippen LogP contribution in [0.5, 0.6) is 0 Å². The molecule has 0 aliphatic carbocycles. The average Bonchev–Trinajstić information content (AvgIpc) is 2.15. The highest BCUT2D eigenvalue weighted by Crippen LogP contribution is 2.16. The summed E-state index contributed by atoms with van der Waals surface area (Å²) in [5.41, 5.74) is 1.95. The van der Waals surface area contributed by atoms with Crippen molar-refractivity contribution in [1.82, 2.24) is 9.97 Å². The molecule has 0 bridgehead atoms. The number of ether oxygens (including phenoxy) is 1. The van der Waals surface area contributed by atoms with Crippen molar-refractivity contribution < 1.29 is 9.53 Å². The van der Waals surface area contributed by atoms with Crippen LogP contribution in [-0.4, -0.2) is 23.0 Å². The van der Waals surface area contributed by atoms with Crippen LogP contribution in [0.15, 0.2) is 12.5 Å². The van der Waals surface area contributed by atoms with E-state index in [-0.39, 0.29) is 5.92 Å². The first-order valence-corrected chi connectivity index (χ1v) is 4.07. The molecule has 0 radical (unpaired) electrons. The molecule has 0 spiro atoms. The lowest BCUT2D eigenvalue weighted by atomic mass is 10.0. The molecule has 0 fully saturated rings. The molecule has 4 heteroatoms. The summed E-state index contributed by atoms with van der Waals surface area (Å²) in [5, 5.41) is 0. The molecule has 1 aromatic heterocycles. The fraction of sp³-hybridized carbons (Fsp3) is 0.444. The van der Waals surface area contributed by atoms with Gasteiger partial charge in [-0.05, 0) is 12.5 Å². The van der Waals surface area contributed by atoms with E-state index in [4.69, 9.17) is 0 Å². The van der Waals surface area contributed by atoms with E-state index in [1.807, 2.05) is 13.8 Å². The number of rotatable bonds is 4. The molecule has 0 N–H and O–H groups in total. The van der Waals surface area contributed by atoms with Gasteiger partial charge in [0.2, 0.25) is 0 Å². The predicted octanol–water partition coefficient (Wildman–Crippen LogP) is 1.06. The van der Waals surface area contributed by atoms with Crippen molar-refractivity contribution in [3.8, 4) is 0 Å². The Balaban J connectivity index is 2.70. The molecule has 1 heterocycles. The molecule has 0 aliphatic heterocycles. The molecule has 70 valence electrons. The van der Waals surface area contributed by atoms with E-state index >= 15 is 0 Å². The summed E-state index contributed by atoms with van der Waals surface area (Å²) >= 11 is 0. The Morgan fingerprint density at radius 2 is 2.46 bits per heavy atom. The smallest absolute Gasteiger partial charge is 0.293 e. The van der Waals surface area contributed by atoms with Gasteiger partial charge >= 0.3 is 0 Å². The number of hydrogen-bond acceptors (Lipinski definition) is 4. The maximum absolute atomic E-state index is 9.97. The van der Waals surface area contributed by atoms with Crippen LogP contribution < -0.4 is 0 Å². The molecule has 0 saturated carbocycles. The van der Waals surface area contributed by atoms with Crippen molar-refractivity contribution >= 4 is 6.47 Å². The minimum absolute atomic E-state index is 0.145. The third-order valence-electron chi connectivity index (χ3n) is 1.89. The fourth-order valence-corrected chi connectivity index (χ4v) is 1.16. The van der Waals surface area contributed by atoms with Gasteiger partial charge in [-0.25, -0.2) is 9.97 Å². The Kier molecular flexibility index (Phi) is 3.37. The second-order valence-corrected chi connectivity index (χ2v) is 2.89. The maximum Gasteiger partial charge on any atom is 0.293 e. The summed E-state index contributed by atoms with van der Waals surface area (Å²) in [7, 11) is 0. The van der Waals surface area contributed by atoms with Crippen molar-refractivity contribution in [3.63, 3.8) is 0 Å². The molecule has 1 unspecified atom stereocenters. The van der Waals surface area contributed by atoms with Gasteiger partial charge in [0, 0.05) is 17.8 Å². The van der Waals surface area contributed by atoms with Gasteiger partial charge in [-0.3, -0.25) is 4.79 Å². The van der Waals surface area contributed by atoms with E-state index in [2.05, 4.69) is 14.7 Å². The third kappa shape index (κ3) is 2.50. The van der Waals surface area contributed by atoms with E-state index in [0.717, 1.165) is 11.3 Å². The van der Waals surface area contributed by atoms with Crippen LogP contribution in [0, 0.1) is 6.92 Å². The molecular formula is C9H12N2O2. The molecule has 4 nitrogen and oxygen atoms in total. The number of aromatic nitrogens is 2. The Morgan fingerprint density at radius 3 is 3.08 bits per heavy atom. The molecule has 0 amide bonds. The molecule has 0 saturated heterocycles. The summed E-state index contributed by atoms with van der Waals surface area (Å²) in [6.07, 6.45) is 3.26. The average molecular weight is 180 g/mol. The van der Waals surface area contributed by atoms with E-state index in [1.54, 1.807) is 6.20 Å². The molecule has 1 atom stereocenters.